The summed E-state index contributed by atoms with van der Waals surface area (Å²) in [4.78, 5) is 29.3. The summed E-state index contributed by atoms with van der Waals surface area (Å²) in [6.07, 6.45) is 2.88. The second kappa shape index (κ2) is 5.99. The van der Waals surface area contributed by atoms with Gasteiger partial charge >= 0.3 is 5.97 Å². The lowest BCUT2D eigenvalue weighted by Gasteiger charge is -2.33. The lowest BCUT2D eigenvalue weighted by atomic mass is 10.1. The number of esters is 1. The predicted octanol–water partition coefficient (Wildman–Crippen LogP) is 0.749. The highest BCUT2D eigenvalue weighted by atomic mass is 35.5. The molecule has 1 aliphatic rings. The number of morpholine rings is 1. The molecular formula is C12H13ClN2O4. The Bertz CT molecular complexity index is 494. The van der Waals surface area contributed by atoms with Gasteiger partial charge in [-0.05, 0) is 6.07 Å². The van der Waals surface area contributed by atoms with E-state index in [1.165, 1.54) is 30.5 Å². The Morgan fingerprint density at radius 3 is 3.05 bits per heavy atom. The van der Waals surface area contributed by atoms with E-state index in [9.17, 15) is 9.59 Å². The van der Waals surface area contributed by atoms with Gasteiger partial charge in [-0.15, -0.1) is 0 Å². The number of amides is 1. The summed E-state index contributed by atoms with van der Waals surface area (Å²) in [7, 11) is 1.27. The highest BCUT2D eigenvalue weighted by Gasteiger charge is 2.34. The van der Waals surface area contributed by atoms with Gasteiger partial charge in [-0.25, -0.2) is 4.79 Å². The summed E-state index contributed by atoms with van der Waals surface area (Å²) in [5, 5.41) is 0.301. The van der Waals surface area contributed by atoms with Crippen molar-refractivity contribution in [3.05, 3.63) is 29.0 Å². The van der Waals surface area contributed by atoms with Crippen LogP contribution >= 0.6 is 11.6 Å². The highest BCUT2D eigenvalue weighted by Crippen LogP contribution is 2.19. The summed E-state index contributed by atoms with van der Waals surface area (Å²) in [5.74, 6) is -0.857. The Labute approximate surface area is 115 Å². The van der Waals surface area contributed by atoms with Crippen LogP contribution in [-0.4, -0.2) is 54.7 Å². The van der Waals surface area contributed by atoms with Crippen molar-refractivity contribution in [1.82, 2.24) is 9.88 Å². The average molecular weight is 285 g/mol. The molecule has 19 heavy (non-hydrogen) atoms. The van der Waals surface area contributed by atoms with E-state index < -0.39 is 12.0 Å². The van der Waals surface area contributed by atoms with Crippen LogP contribution < -0.4 is 0 Å². The summed E-state index contributed by atoms with van der Waals surface area (Å²) in [6, 6.07) is 0.782. The smallest absolute Gasteiger partial charge is 0.331 e. The zero-order valence-corrected chi connectivity index (χ0v) is 11.1. The number of aromatic nitrogens is 1. The zero-order valence-electron chi connectivity index (χ0n) is 10.3. The van der Waals surface area contributed by atoms with Gasteiger partial charge in [0, 0.05) is 18.9 Å². The molecule has 1 saturated heterocycles. The maximum absolute atomic E-state index is 12.4. The Morgan fingerprint density at radius 1 is 1.58 bits per heavy atom. The number of hydrogen-bond acceptors (Lipinski definition) is 5. The topological polar surface area (TPSA) is 68.7 Å². The average Bonchev–Trinajstić information content (AvgIpc) is 2.46. The molecule has 1 aliphatic heterocycles. The van der Waals surface area contributed by atoms with E-state index in [1.54, 1.807) is 0 Å². The summed E-state index contributed by atoms with van der Waals surface area (Å²) < 4.78 is 9.88. The molecule has 0 aromatic carbocycles. The monoisotopic (exact) mass is 284 g/mol. The van der Waals surface area contributed by atoms with E-state index in [0.29, 0.717) is 18.2 Å². The minimum absolute atomic E-state index is 0.121. The summed E-state index contributed by atoms with van der Waals surface area (Å²) >= 11 is 5.96. The molecule has 1 aromatic heterocycles. The van der Waals surface area contributed by atoms with Crippen LogP contribution in [0.5, 0.6) is 0 Å². The number of nitrogens with zero attached hydrogens (tertiary/aromatic N) is 2. The molecule has 1 unspecified atom stereocenters. The molecule has 2 rings (SSSR count). The molecule has 0 aliphatic carbocycles. The molecule has 1 amide bonds. The number of methoxy groups -OCH3 is 1. The van der Waals surface area contributed by atoms with Crippen LogP contribution in [0.3, 0.4) is 0 Å². The second-order valence-corrected chi connectivity index (χ2v) is 4.38. The van der Waals surface area contributed by atoms with E-state index >= 15 is 0 Å². The number of rotatable bonds is 2. The Hall–Kier alpha value is -1.66. The molecule has 1 fully saturated rings. The van der Waals surface area contributed by atoms with Gasteiger partial charge in [0.1, 0.15) is 0 Å². The maximum atomic E-state index is 12.4. The van der Waals surface area contributed by atoms with Crippen LogP contribution in [0, 0.1) is 0 Å². The van der Waals surface area contributed by atoms with Crippen molar-refractivity contribution in [2.45, 2.75) is 6.04 Å². The first-order valence-electron chi connectivity index (χ1n) is 5.71. The van der Waals surface area contributed by atoms with Crippen molar-refractivity contribution in [3.8, 4) is 0 Å². The van der Waals surface area contributed by atoms with E-state index in [1.807, 2.05) is 0 Å². The Balaban J connectivity index is 2.25. The molecule has 0 N–H and O–H groups in total. The van der Waals surface area contributed by atoms with Crippen molar-refractivity contribution in [3.63, 3.8) is 0 Å². The molecule has 1 aromatic rings. The molecule has 0 saturated carbocycles. The number of hydrogen-bond donors (Lipinski definition) is 0. The minimum atomic E-state index is -0.748. The normalized spacial score (nSPS) is 19.1. The molecule has 7 heteroatoms. The Morgan fingerprint density at radius 2 is 2.37 bits per heavy atom. The molecule has 1 atom stereocenters. The third kappa shape index (κ3) is 2.85. The van der Waals surface area contributed by atoms with Crippen LogP contribution in [0.2, 0.25) is 5.02 Å². The highest BCUT2D eigenvalue weighted by molar-refractivity contribution is 6.33. The van der Waals surface area contributed by atoms with E-state index in [2.05, 4.69) is 9.72 Å². The molecule has 6 nitrogen and oxygen atoms in total. The van der Waals surface area contributed by atoms with Gasteiger partial charge in [0.15, 0.2) is 6.04 Å². The van der Waals surface area contributed by atoms with Gasteiger partial charge in [-0.2, -0.15) is 0 Å². The van der Waals surface area contributed by atoms with Crippen LogP contribution in [0.1, 0.15) is 10.4 Å². The zero-order chi connectivity index (χ0) is 13.8. The number of ether oxygens (including phenoxy) is 2. The lowest BCUT2D eigenvalue weighted by Crippen LogP contribution is -2.53. The summed E-state index contributed by atoms with van der Waals surface area (Å²) in [5.41, 5.74) is 0.264. The van der Waals surface area contributed by atoms with Crippen LogP contribution in [0.15, 0.2) is 18.5 Å². The fourth-order valence-corrected chi connectivity index (χ4v) is 2.05. The van der Waals surface area contributed by atoms with Crippen molar-refractivity contribution >= 4 is 23.5 Å². The van der Waals surface area contributed by atoms with Gasteiger partial charge in [-0.3, -0.25) is 9.78 Å². The van der Waals surface area contributed by atoms with E-state index in [4.69, 9.17) is 16.3 Å². The molecular weight excluding hydrogens is 272 g/mol. The lowest BCUT2D eigenvalue weighted by molar-refractivity contribution is -0.151. The Kier molecular flexibility index (Phi) is 4.34. The largest absolute Gasteiger partial charge is 0.467 e. The van der Waals surface area contributed by atoms with Gasteiger partial charge < -0.3 is 14.4 Å². The van der Waals surface area contributed by atoms with Crippen LogP contribution in [0.25, 0.3) is 0 Å². The van der Waals surface area contributed by atoms with Gasteiger partial charge in [0.2, 0.25) is 0 Å². The number of pyridine rings is 1. The first-order chi connectivity index (χ1) is 9.15. The molecule has 0 radical (unpaired) electrons. The standard InChI is InChI=1S/C12H13ClN2O4/c1-18-12(17)10-7-19-5-4-15(10)11(16)8-6-14-3-2-9(8)13/h2-3,6,10H,4-5,7H2,1H3. The van der Waals surface area contributed by atoms with Crippen LogP contribution in [-0.2, 0) is 14.3 Å². The molecule has 2 heterocycles. The number of carbonyl (C=O) groups excluding carboxylic acids is 2. The van der Waals surface area contributed by atoms with Crippen LogP contribution in [0.4, 0.5) is 0 Å². The molecule has 0 spiro atoms. The van der Waals surface area contributed by atoms with Gasteiger partial charge in [0.25, 0.3) is 5.91 Å². The fraction of sp³-hybridized carbons (Fsp3) is 0.417. The SMILES string of the molecule is COC(=O)C1COCCN1C(=O)c1cnccc1Cl. The summed E-state index contributed by atoms with van der Waals surface area (Å²) in [6.45, 7) is 0.803. The second-order valence-electron chi connectivity index (χ2n) is 3.97. The van der Waals surface area contributed by atoms with E-state index in [0.717, 1.165) is 0 Å². The number of carbonyl (C=O) groups is 2. The van der Waals surface area contributed by atoms with Crippen molar-refractivity contribution in [2.75, 3.05) is 26.9 Å². The number of halogens is 1. The third-order valence-corrected chi connectivity index (χ3v) is 3.19. The first-order valence-corrected chi connectivity index (χ1v) is 6.09. The third-order valence-electron chi connectivity index (χ3n) is 2.86. The van der Waals surface area contributed by atoms with Crippen molar-refractivity contribution in [2.24, 2.45) is 0 Å². The van der Waals surface area contributed by atoms with Gasteiger partial charge in [-0.1, -0.05) is 11.6 Å². The fourth-order valence-electron chi connectivity index (χ4n) is 1.87. The maximum Gasteiger partial charge on any atom is 0.331 e. The first kappa shape index (κ1) is 13.8. The molecule has 0 bridgehead atoms. The van der Waals surface area contributed by atoms with Crippen molar-refractivity contribution in [1.29, 1.82) is 0 Å². The molecule has 102 valence electrons. The van der Waals surface area contributed by atoms with E-state index in [-0.39, 0.29) is 18.1 Å². The minimum Gasteiger partial charge on any atom is -0.467 e. The van der Waals surface area contributed by atoms with Crippen molar-refractivity contribution < 1.29 is 19.1 Å². The quantitative estimate of drug-likeness (QED) is 0.750. The predicted molar refractivity (Wildman–Crippen MR) is 66.9 cm³/mol. The van der Waals surface area contributed by atoms with Gasteiger partial charge in [0.05, 0.1) is 30.9 Å².